The van der Waals surface area contributed by atoms with Gasteiger partial charge in [-0.25, -0.2) is 0 Å². The second-order valence-electron chi connectivity index (χ2n) is 4.37. The summed E-state index contributed by atoms with van der Waals surface area (Å²) in [5.74, 6) is 1.40. The summed E-state index contributed by atoms with van der Waals surface area (Å²) >= 11 is 0. The van der Waals surface area contributed by atoms with Crippen molar-refractivity contribution < 1.29 is 4.74 Å². The molecule has 1 rings (SSSR count). The van der Waals surface area contributed by atoms with E-state index in [0.29, 0.717) is 5.92 Å². The minimum Gasteiger partial charge on any atom is -0.491 e. The van der Waals surface area contributed by atoms with Crippen molar-refractivity contribution in [2.75, 3.05) is 0 Å². The minimum atomic E-state index is 0.222. The van der Waals surface area contributed by atoms with Gasteiger partial charge in [-0.3, -0.25) is 0 Å². The summed E-state index contributed by atoms with van der Waals surface area (Å²) in [6.07, 6.45) is 3.20. The lowest BCUT2D eigenvalue weighted by Gasteiger charge is -2.18. The highest BCUT2D eigenvalue weighted by Crippen LogP contribution is 2.29. The lowest BCUT2D eigenvalue weighted by atomic mass is 9.94. The molecule has 1 aromatic carbocycles. The van der Waals surface area contributed by atoms with E-state index in [1.165, 1.54) is 11.1 Å². The fraction of sp³-hybridized carbons (Fsp3) is 0.467. The van der Waals surface area contributed by atoms with E-state index < -0.39 is 0 Å². The Kier molecular flexibility index (Phi) is 4.60. The molecule has 1 aromatic rings. The third-order valence-electron chi connectivity index (χ3n) is 2.73. The number of hydrogen-bond donors (Lipinski definition) is 0. The van der Waals surface area contributed by atoms with E-state index in [0.717, 1.165) is 12.2 Å². The van der Waals surface area contributed by atoms with Crippen molar-refractivity contribution in [1.82, 2.24) is 0 Å². The van der Waals surface area contributed by atoms with Crippen LogP contribution in [0.25, 0.3) is 0 Å². The molecule has 88 valence electrons. The summed E-state index contributed by atoms with van der Waals surface area (Å²) < 4.78 is 5.84. The van der Waals surface area contributed by atoms with Crippen LogP contribution in [0, 0.1) is 0 Å². The largest absolute Gasteiger partial charge is 0.491 e. The quantitative estimate of drug-likeness (QED) is 0.668. The van der Waals surface area contributed by atoms with Crippen LogP contribution in [0.2, 0.25) is 0 Å². The molecule has 1 unspecified atom stereocenters. The highest BCUT2D eigenvalue weighted by Gasteiger charge is 2.12. The van der Waals surface area contributed by atoms with E-state index >= 15 is 0 Å². The van der Waals surface area contributed by atoms with Gasteiger partial charge in [-0.2, -0.15) is 0 Å². The molecule has 0 fully saturated rings. The Bertz CT molecular complexity index is 352. The van der Waals surface area contributed by atoms with Crippen LogP contribution in [0.5, 0.6) is 5.75 Å². The van der Waals surface area contributed by atoms with Crippen molar-refractivity contribution in [2.45, 2.75) is 46.1 Å². The summed E-state index contributed by atoms with van der Waals surface area (Å²) in [6.45, 7) is 12.3. The van der Waals surface area contributed by atoms with Gasteiger partial charge in [-0.15, -0.1) is 6.58 Å². The molecule has 16 heavy (non-hydrogen) atoms. The molecule has 0 saturated heterocycles. The molecular weight excluding hydrogens is 196 g/mol. The van der Waals surface area contributed by atoms with Gasteiger partial charge in [0.05, 0.1) is 6.10 Å². The van der Waals surface area contributed by atoms with Crippen LogP contribution in [0.4, 0.5) is 0 Å². The smallest absolute Gasteiger partial charge is 0.123 e. The van der Waals surface area contributed by atoms with Crippen molar-refractivity contribution in [2.24, 2.45) is 0 Å². The van der Waals surface area contributed by atoms with Crippen LogP contribution in [0.1, 0.15) is 44.7 Å². The summed E-state index contributed by atoms with van der Waals surface area (Å²) in [5, 5.41) is 0. The molecule has 1 nitrogen and oxygen atoms in total. The number of benzene rings is 1. The predicted octanol–water partition coefficient (Wildman–Crippen LogP) is 4.33. The molecule has 0 aromatic heterocycles. The Labute approximate surface area is 99.1 Å². The first-order valence-corrected chi connectivity index (χ1v) is 6.01. The van der Waals surface area contributed by atoms with E-state index in [4.69, 9.17) is 4.74 Å². The monoisotopic (exact) mass is 218 g/mol. The van der Waals surface area contributed by atoms with Crippen molar-refractivity contribution in [1.29, 1.82) is 0 Å². The van der Waals surface area contributed by atoms with Gasteiger partial charge in [-0.1, -0.05) is 32.1 Å². The Morgan fingerprint density at radius 3 is 2.50 bits per heavy atom. The summed E-state index contributed by atoms with van der Waals surface area (Å²) in [6, 6.07) is 6.28. The highest BCUT2D eigenvalue weighted by molar-refractivity contribution is 5.43. The second kappa shape index (κ2) is 5.74. The topological polar surface area (TPSA) is 9.23 Å². The molecule has 0 bridgehead atoms. The Hall–Kier alpha value is -1.24. The number of ether oxygens (including phenoxy) is 1. The first-order chi connectivity index (χ1) is 7.60. The van der Waals surface area contributed by atoms with Crippen LogP contribution in [0.15, 0.2) is 30.9 Å². The Balaban J connectivity index is 3.14. The average Bonchev–Trinajstić information content (AvgIpc) is 2.27. The maximum absolute atomic E-state index is 5.84. The van der Waals surface area contributed by atoms with Gasteiger partial charge in [0.25, 0.3) is 0 Å². The molecule has 0 heterocycles. The van der Waals surface area contributed by atoms with Crippen LogP contribution in [-0.4, -0.2) is 6.10 Å². The molecule has 0 spiro atoms. The van der Waals surface area contributed by atoms with E-state index in [9.17, 15) is 0 Å². The van der Waals surface area contributed by atoms with E-state index in [-0.39, 0.29) is 6.10 Å². The average molecular weight is 218 g/mol. The van der Waals surface area contributed by atoms with Gasteiger partial charge in [-0.05, 0) is 43.4 Å². The van der Waals surface area contributed by atoms with Crippen molar-refractivity contribution in [3.05, 3.63) is 42.0 Å². The zero-order valence-electron chi connectivity index (χ0n) is 10.8. The standard InChI is InChI=1S/C15H22O/c1-6-12(5)14-9-8-10-15(13(14)7-2)16-11(3)4/h6,8-12H,1,7H2,2-5H3. The first kappa shape index (κ1) is 12.8. The summed E-state index contributed by atoms with van der Waals surface area (Å²) in [7, 11) is 0. The maximum atomic E-state index is 5.84. The van der Waals surface area contributed by atoms with Crippen LogP contribution < -0.4 is 4.74 Å². The van der Waals surface area contributed by atoms with Gasteiger partial charge in [0.15, 0.2) is 0 Å². The molecule has 0 radical (unpaired) electrons. The van der Waals surface area contributed by atoms with Crippen molar-refractivity contribution in [3.63, 3.8) is 0 Å². The summed E-state index contributed by atoms with van der Waals surface area (Å²) in [5.41, 5.74) is 2.64. The van der Waals surface area contributed by atoms with Gasteiger partial charge >= 0.3 is 0 Å². The maximum Gasteiger partial charge on any atom is 0.123 e. The first-order valence-electron chi connectivity index (χ1n) is 6.01. The lowest BCUT2D eigenvalue weighted by Crippen LogP contribution is -2.09. The summed E-state index contributed by atoms with van der Waals surface area (Å²) in [4.78, 5) is 0. The Morgan fingerprint density at radius 2 is 2.00 bits per heavy atom. The number of hydrogen-bond acceptors (Lipinski definition) is 1. The molecular formula is C15H22O. The van der Waals surface area contributed by atoms with E-state index in [2.05, 4.69) is 52.5 Å². The molecule has 0 amide bonds. The lowest BCUT2D eigenvalue weighted by molar-refractivity contribution is 0.240. The van der Waals surface area contributed by atoms with E-state index in [1.54, 1.807) is 0 Å². The Morgan fingerprint density at radius 1 is 1.31 bits per heavy atom. The molecule has 0 aliphatic heterocycles. The normalized spacial score (nSPS) is 12.6. The third-order valence-corrected chi connectivity index (χ3v) is 2.73. The fourth-order valence-corrected chi connectivity index (χ4v) is 1.88. The third kappa shape index (κ3) is 2.88. The molecule has 0 saturated carbocycles. The molecule has 0 N–H and O–H groups in total. The van der Waals surface area contributed by atoms with Gasteiger partial charge in [0, 0.05) is 0 Å². The number of allylic oxidation sites excluding steroid dienone is 1. The van der Waals surface area contributed by atoms with Crippen LogP contribution in [-0.2, 0) is 6.42 Å². The van der Waals surface area contributed by atoms with Crippen molar-refractivity contribution in [3.8, 4) is 5.75 Å². The fourth-order valence-electron chi connectivity index (χ4n) is 1.88. The molecule has 1 heteroatoms. The van der Waals surface area contributed by atoms with E-state index in [1.807, 2.05) is 6.08 Å². The zero-order valence-corrected chi connectivity index (χ0v) is 10.8. The zero-order chi connectivity index (χ0) is 12.1. The SMILES string of the molecule is C=CC(C)c1cccc(OC(C)C)c1CC. The van der Waals surface area contributed by atoms with Gasteiger partial charge in [0.1, 0.15) is 5.75 Å². The van der Waals surface area contributed by atoms with Crippen molar-refractivity contribution >= 4 is 0 Å². The second-order valence-corrected chi connectivity index (χ2v) is 4.37. The molecule has 0 aliphatic rings. The van der Waals surface area contributed by atoms with Crippen LogP contribution >= 0.6 is 0 Å². The van der Waals surface area contributed by atoms with Gasteiger partial charge in [0.2, 0.25) is 0 Å². The minimum absolute atomic E-state index is 0.222. The van der Waals surface area contributed by atoms with Crippen LogP contribution in [0.3, 0.4) is 0 Å². The predicted molar refractivity (Wildman–Crippen MR) is 70.2 cm³/mol. The molecule has 1 atom stereocenters. The highest BCUT2D eigenvalue weighted by atomic mass is 16.5. The van der Waals surface area contributed by atoms with Gasteiger partial charge < -0.3 is 4.74 Å². The molecule has 0 aliphatic carbocycles. The number of rotatable bonds is 5.